The quantitative estimate of drug-likeness (QED) is 0.652. The maximum atomic E-state index is 11.3. The SMILES string of the molecule is CC(=O)NNC(=O)Cn1cc(C)ccc1=O. The van der Waals surface area contributed by atoms with Crippen LogP contribution in [0.15, 0.2) is 23.1 Å². The molecule has 1 heterocycles. The molecule has 86 valence electrons. The van der Waals surface area contributed by atoms with E-state index in [0.717, 1.165) is 5.56 Å². The number of pyridine rings is 1. The van der Waals surface area contributed by atoms with Gasteiger partial charge in [0.2, 0.25) is 5.91 Å². The number of carbonyl (C=O) groups is 2. The van der Waals surface area contributed by atoms with Gasteiger partial charge in [0.25, 0.3) is 11.5 Å². The Labute approximate surface area is 92.2 Å². The summed E-state index contributed by atoms with van der Waals surface area (Å²) in [6.45, 7) is 2.97. The lowest BCUT2D eigenvalue weighted by Gasteiger charge is -2.07. The van der Waals surface area contributed by atoms with E-state index < -0.39 is 5.91 Å². The van der Waals surface area contributed by atoms with Gasteiger partial charge in [-0.05, 0) is 12.5 Å². The third-order valence-corrected chi connectivity index (χ3v) is 1.82. The molecule has 0 spiro atoms. The molecular formula is C10H13N3O3. The van der Waals surface area contributed by atoms with Gasteiger partial charge in [-0.1, -0.05) is 6.07 Å². The lowest BCUT2D eigenvalue weighted by Crippen LogP contribution is -2.43. The minimum atomic E-state index is -0.456. The summed E-state index contributed by atoms with van der Waals surface area (Å²) in [7, 11) is 0. The first-order chi connectivity index (χ1) is 7.49. The van der Waals surface area contributed by atoms with Crippen molar-refractivity contribution in [3.8, 4) is 0 Å². The number of rotatable bonds is 2. The molecule has 0 aromatic carbocycles. The van der Waals surface area contributed by atoms with Crippen LogP contribution in [0.1, 0.15) is 12.5 Å². The van der Waals surface area contributed by atoms with Crippen LogP contribution >= 0.6 is 0 Å². The minimum Gasteiger partial charge on any atom is -0.306 e. The zero-order valence-corrected chi connectivity index (χ0v) is 9.11. The van der Waals surface area contributed by atoms with Gasteiger partial charge in [0.05, 0.1) is 0 Å². The maximum absolute atomic E-state index is 11.3. The molecule has 1 aromatic heterocycles. The van der Waals surface area contributed by atoms with Crippen LogP contribution in [0.2, 0.25) is 0 Å². The predicted octanol–water partition coefficient (Wildman–Crippen LogP) is -0.676. The Kier molecular flexibility index (Phi) is 3.82. The average molecular weight is 223 g/mol. The van der Waals surface area contributed by atoms with Crippen LogP contribution in [0.25, 0.3) is 0 Å². The van der Waals surface area contributed by atoms with E-state index in [0.29, 0.717) is 0 Å². The zero-order valence-electron chi connectivity index (χ0n) is 9.11. The lowest BCUT2D eigenvalue weighted by atomic mass is 10.3. The Hall–Kier alpha value is -2.11. The second-order valence-electron chi connectivity index (χ2n) is 3.40. The molecule has 0 bridgehead atoms. The molecule has 0 aliphatic carbocycles. The van der Waals surface area contributed by atoms with Crippen LogP contribution in [0.3, 0.4) is 0 Å². The van der Waals surface area contributed by atoms with E-state index in [-0.39, 0.29) is 18.0 Å². The van der Waals surface area contributed by atoms with Crippen molar-refractivity contribution in [2.24, 2.45) is 0 Å². The number of amides is 2. The Morgan fingerprint density at radius 2 is 2.00 bits per heavy atom. The van der Waals surface area contributed by atoms with E-state index in [9.17, 15) is 14.4 Å². The number of hydrogen-bond donors (Lipinski definition) is 2. The molecule has 0 radical (unpaired) electrons. The summed E-state index contributed by atoms with van der Waals surface area (Å²) < 4.78 is 1.27. The second-order valence-corrected chi connectivity index (χ2v) is 3.40. The summed E-state index contributed by atoms with van der Waals surface area (Å²) in [6, 6.07) is 3.06. The summed E-state index contributed by atoms with van der Waals surface area (Å²) in [5.74, 6) is -0.826. The predicted molar refractivity (Wildman–Crippen MR) is 57.4 cm³/mol. The van der Waals surface area contributed by atoms with Crippen LogP contribution in [-0.4, -0.2) is 16.4 Å². The molecule has 6 heteroatoms. The van der Waals surface area contributed by atoms with Crippen molar-refractivity contribution in [2.45, 2.75) is 20.4 Å². The van der Waals surface area contributed by atoms with Crippen molar-refractivity contribution >= 4 is 11.8 Å². The highest BCUT2D eigenvalue weighted by molar-refractivity contribution is 5.80. The number of nitrogens with one attached hydrogen (secondary N) is 2. The van der Waals surface area contributed by atoms with Crippen LogP contribution in [-0.2, 0) is 16.1 Å². The molecule has 6 nitrogen and oxygen atoms in total. The highest BCUT2D eigenvalue weighted by Crippen LogP contribution is 1.91. The van der Waals surface area contributed by atoms with Gasteiger partial charge in [0.15, 0.2) is 0 Å². The van der Waals surface area contributed by atoms with Gasteiger partial charge in [0.1, 0.15) is 6.54 Å². The Morgan fingerprint density at radius 1 is 1.31 bits per heavy atom. The Balaban J connectivity index is 2.66. The van der Waals surface area contributed by atoms with Gasteiger partial charge < -0.3 is 4.57 Å². The van der Waals surface area contributed by atoms with E-state index in [4.69, 9.17) is 0 Å². The van der Waals surface area contributed by atoms with Crippen LogP contribution in [0.4, 0.5) is 0 Å². The van der Waals surface area contributed by atoms with Crippen molar-refractivity contribution in [1.29, 1.82) is 0 Å². The molecular weight excluding hydrogens is 210 g/mol. The van der Waals surface area contributed by atoms with E-state index in [2.05, 4.69) is 10.9 Å². The van der Waals surface area contributed by atoms with E-state index in [1.165, 1.54) is 17.6 Å². The normalized spacial score (nSPS) is 9.62. The fourth-order valence-corrected chi connectivity index (χ4v) is 1.13. The largest absolute Gasteiger partial charge is 0.306 e. The van der Waals surface area contributed by atoms with Crippen molar-refractivity contribution in [3.05, 3.63) is 34.2 Å². The minimum absolute atomic E-state index is 0.124. The first-order valence-corrected chi connectivity index (χ1v) is 4.71. The molecule has 0 fully saturated rings. The van der Waals surface area contributed by atoms with Gasteiger partial charge in [-0.2, -0.15) is 0 Å². The van der Waals surface area contributed by atoms with Gasteiger partial charge in [-0.3, -0.25) is 25.2 Å². The smallest absolute Gasteiger partial charge is 0.258 e. The summed E-state index contributed by atoms with van der Waals surface area (Å²) in [6.07, 6.45) is 1.58. The molecule has 0 saturated carbocycles. The standard InChI is InChI=1S/C10H13N3O3/c1-7-3-4-10(16)13(5-7)6-9(15)12-11-8(2)14/h3-5H,6H2,1-2H3,(H,11,14)(H,12,15). The van der Waals surface area contributed by atoms with Crippen molar-refractivity contribution in [2.75, 3.05) is 0 Å². The molecule has 2 amide bonds. The topological polar surface area (TPSA) is 80.2 Å². The van der Waals surface area contributed by atoms with Gasteiger partial charge >= 0.3 is 0 Å². The average Bonchev–Trinajstić information content (AvgIpc) is 2.20. The van der Waals surface area contributed by atoms with Gasteiger partial charge in [-0.15, -0.1) is 0 Å². The number of hydrazine groups is 1. The molecule has 0 atom stereocenters. The highest BCUT2D eigenvalue weighted by Gasteiger charge is 2.04. The molecule has 0 saturated heterocycles. The summed E-state index contributed by atoms with van der Waals surface area (Å²) in [5.41, 5.74) is 4.95. The van der Waals surface area contributed by atoms with Crippen LogP contribution in [0.5, 0.6) is 0 Å². The first kappa shape index (κ1) is 12.0. The van der Waals surface area contributed by atoms with Crippen molar-refractivity contribution in [1.82, 2.24) is 15.4 Å². The van der Waals surface area contributed by atoms with E-state index >= 15 is 0 Å². The number of nitrogens with zero attached hydrogens (tertiary/aromatic N) is 1. The van der Waals surface area contributed by atoms with Gasteiger partial charge in [0, 0.05) is 19.2 Å². The second kappa shape index (κ2) is 5.11. The molecule has 0 aliphatic rings. The molecule has 1 rings (SSSR count). The lowest BCUT2D eigenvalue weighted by molar-refractivity contribution is -0.128. The fraction of sp³-hybridized carbons (Fsp3) is 0.300. The third kappa shape index (κ3) is 3.56. The molecule has 16 heavy (non-hydrogen) atoms. The highest BCUT2D eigenvalue weighted by atomic mass is 16.2. The molecule has 0 aliphatic heterocycles. The summed E-state index contributed by atoms with van der Waals surface area (Å²) in [4.78, 5) is 33.2. The van der Waals surface area contributed by atoms with Crippen LogP contribution < -0.4 is 16.4 Å². The number of hydrogen-bond acceptors (Lipinski definition) is 3. The summed E-state index contributed by atoms with van der Waals surface area (Å²) in [5, 5.41) is 0. The zero-order chi connectivity index (χ0) is 12.1. The fourth-order valence-electron chi connectivity index (χ4n) is 1.13. The third-order valence-electron chi connectivity index (χ3n) is 1.82. The van der Waals surface area contributed by atoms with Gasteiger partial charge in [-0.25, -0.2) is 0 Å². The number of aryl methyl sites for hydroxylation is 1. The monoisotopic (exact) mass is 223 g/mol. The van der Waals surface area contributed by atoms with E-state index in [1.54, 1.807) is 12.3 Å². The Bertz CT molecular complexity index is 465. The maximum Gasteiger partial charge on any atom is 0.258 e. The summed E-state index contributed by atoms with van der Waals surface area (Å²) >= 11 is 0. The number of aromatic nitrogens is 1. The number of carbonyl (C=O) groups excluding carboxylic acids is 2. The van der Waals surface area contributed by atoms with Crippen molar-refractivity contribution < 1.29 is 9.59 Å². The first-order valence-electron chi connectivity index (χ1n) is 4.71. The molecule has 0 unspecified atom stereocenters. The van der Waals surface area contributed by atoms with Crippen LogP contribution in [0, 0.1) is 6.92 Å². The molecule has 1 aromatic rings. The van der Waals surface area contributed by atoms with E-state index in [1.807, 2.05) is 6.92 Å². The Morgan fingerprint density at radius 3 is 2.62 bits per heavy atom. The van der Waals surface area contributed by atoms with Crippen molar-refractivity contribution in [3.63, 3.8) is 0 Å². The molecule has 2 N–H and O–H groups in total.